The molecule has 3 heteroatoms. The van der Waals surface area contributed by atoms with E-state index in [1.54, 1.807) is 43.3 Å². The first-order valence-corrected chi connectivity index (χ1v) is 5.95. The Morgan fingerprint density at radius 2 is 1.58 bits per heavy atom. The summed E-state index contributed by atoms with van der Waals surface area (Å²) in [7, 11) is 0. The summed E-state index contributed by atoms with van der Waals surface area (Å²) in [5.74, 6) is -1.06. The van der Waals surface area contributed by atoms with Crippen LogP contribution in [-0.4, -0.2) is 11.6 Å². The van der Waals surface area contributed by atoms with Gasteiger partial charge in [-0.3, -0.25) is 9.59 Å². The fourth-order valence-corrected chi connectivity index (χ4v) is 1.74. The zero-order valence-corrected chi connectivity index (χ0v) is 10.5. The normalized spacial score (nSPS) is 10.2. The Morgan fingerprint density at radius 1 is 0.947 bits per heavy atom. The van der Waals surface area contributed by atoms with Crippen LogP contribution >= 0.6 is 0 Å². The number of rotatable bonds is 4. The number of ketones is 2. The van der Waals surface area contributed by atoms with Crippen LogP contribution in [0.2, 0.25) is 0 Å². The number of aryl methyl sites for hydroxylation is 1. The third-order valence-corrected chi connectivity index (χ3v) is 2.91. The van der Waals surface area contributed by atoms with E-state index < -0.39 is 5.82 Å². The van der Waals surface area contributed by atoms with Crippen molar-refractivity contribution in [3.63, 3.8) is 0 Å². The predicted octanol–water partition coefficient (Wildman–Crippen LogP) is 3.59. The second-order valence-electron chi connectivity index (χ2n) is 4.35. The molecule has 96 valence electrons. The summed E-state index contributed by atoms with van der Waals surface area (Å²) in [4.78, 5) is 23.8. The van der Waals surface area contributed by atoms with Crippen LogP contribution < -0.4 is 0 Å². The van der Waals surface area contributed by atoms with E-state index in [0.29, 0.717) is 11.1 Å². The van der Waals surface area contributed by atoms with Crippen molar-refractivity contribution in [3.05, 3.63) is 71.0 Å². The molecule has 0 atom stereocenters. The summed E-state index contributed by atoms with van der Waals surface area (Å²) < 4.78 is 13.4. The number of hydrogen-bond donors (Lipinski definition) is 0. The zero-order valence-electron chi connectivity index (χ0n) is 10.5. The molecule has 2 aromatic rings. The molecular formula is C16H13FO2. The lowest BCUT2D eigenvalue weighted by molar-refractivity contribution is 0.0894. The van der Waals surface area contributed by atoms with Crippen LogP contribution in [0.4, 0.5) is 4.39 Å². The molecule has 0 saturated carbocycles. The number of halogens is 1. The smallest absolute Gasteiger partial charge is 0.170 e. The molecule has 19 heavy (non-hydrogen) atoms. The molecule has 2 aromatic carbocycles. The van der Waals surface area contributed by atoms with Gasteiger partial charge in [-0.25, -0.2) is 4.39 Å². The third-order valence-electron chi connectivity index (χ3n) is 2.91. The first-order chi connectivity index (χ1) is 9.08. The molecule has 0 radical (unpaired) electrons. The highest BCUT2D eigenvalue weighted by Gasteiger charge is 2.14. The summed E-state index contributed by atoms with van der Waals surface area (Å²) in [5, 5.41) is 0. The van der Waals surface area contributed by atoms with Gasteiger partial charge in [0.15, 0.2) is 11.6 Å². The lowest BCUT2D eigenvalue weighted by Crippen LogP contribution is -2.09. The van der Waals surface area contributed by atoms with E-state index in [1.807, 2.05) is 0 Å². The molecule has 0 heterocycles. The van der Waals surface area contributed by atoms with Gasteiger partial charge in [0, 0.05) is 11.1 Å². The van der Waals surface area contributed by atoms with Gasteiger partial charge in [-0.15, -0.1) is 0 Å². The molecule has 0 spiro atoms. The van der Waals surface area contributed by atoms with E-state index in [2.05, 4.69) is 0 Å². The molecule has 2 rings (SSSR count). The Kier molecular flexibility index (Phi) is 3.85. The first-order valence-electron chi connectivity index (χ1n) is 5.95. The molecular weight excluding hydrogens is 243 g/mol. The molecule has 2 nitrogen and oxygen atoms in total. The van der Waals surface area contributed by atoms with Crippen molar-refractivity contribution in [1.82, 2.24) is 0 Å². The maximum Gasteiger partial charge on any atom is 0.170 e. The van der Waals surface area contributed by atoms with Gasteiger partial charge in [0.05, 0.1) is 6.42 Å². The summed E-state index contributed by atoms with van der Waals surface area (Å²) in [6, 6.07) is 12.8. The number of carbonyl (C=O) groups excluding carboxylic acids is 2. The Labute approximate surface area is 110 Å². The molecule has 0 unspecified atom stereocenters. The standard InChI is InChI=1S/C16H13FO2/c1-11-7-8-13(9-14(11)17)16(19)10-15(18)12-5-3-2-4-6-12/h2-9H,10H2,1H3. The number of hydrogen-bond acceptors (Lipinski definition) is 2. The zero-order chi connectivity index (χ0) is 13.8. The van der Waals surface area contributed by atoms with Crippen molar-refractivity contribution in [2.24, 2.45) is 0 Å². The van der Waals surface area contributed by atoms with Gasteiger partial charge >= 0.3 is 0 Å². The van der Waals surface area contributed by atoms with Crippen molar-refractivity contribution >= 4 is 11.6 Å². The Morgan fingerprint density at radius 3 is 2.21 bits per heavy atom. The second-order valence-corrected chi connectivity index (χ2v) is 4.35. The highest BCUT2D eigenvalue weighted by atomic mass is 19.1. The minimum atomic E-state index is -0.432. The lowest BCUT2D eigenvalue weighted by atomic mass is 10.0. The molecule has 0 aliphatic rings. The van der Waals surface area contributed by atoms with Gasteiger partial charge < -0.3 is 0 Å². The van der Waals surface area contributed by atoms with Gasteiger partial charge in [-0.05, 0) is 18.6 Å². The van der Waals surface area contributed by atoms with Crippen LogP contribution in [0.1, 0.15) is 32.7 Å². The predicted molar refractivity (Wildman–Crippen MR) is 70.9 cm³/mol. The summed E-state index contributed by atoms with van der Waals surface area (Å²) >= 11 is 0. The van der Waals surface area contributed by atoms with Gasteiger partial charge in [0.25, 0.3) is 0 Å². The van der Waals surface area contributed by atoms with E-state index in [0.717, 1.165) is 0 Å². The van der Waals surface area contributed by atoms with Crippen LogP contribution in [0.25, 0.3) is 0 Å². The SMILES string of the molecule is Cc1ccc(C(=O)CC(=O)c2ccccc2)cc1F. The second kappa shape index (κ2) is 5.57. The molecule has 0 N–H and O–H groups in total. The van der Waals surface area contributed by atoms with Gasteiger partial charge in [-0.2, -0.15) is 0 Å². The Hall–Kier alpha value is -2.29. The minimum absolute atomic E-state index is 0.229. The van der Waals surface area contributed by atoms with Crippen LogP contribution in [0, 0.1) is 12.7 Å². The van der Waals surface area contributed by atoms with Crippen molar-refractivity contribution in [2.45, 2.75) is 13.3 Å². The Balaban J connectivity index is 2.13. The first kappa shape index (κ1) is 13.1. The van der Waals surface area contributed by atoms with E-state index in [-0.39, 0.29) is 23.6 Å². The maximum atomic E-state index is 13.4. The van der Waals surface area contributed by atoms with Crippen LogP contribution in [-0.2, 0) is 0 Å². The van der Waals surface area contributed by atoms with Crippen LogP contribution in [0.3, 0.4) is 0 Å². The van der Waals surface area contributed by atoms with Gasteiger partial charge in [0.2, 0.25) is 0 Å². The quantitative estimate of drug-likeness (QED) is 0.618. The molecule has 0 aliphatic carbocycles. The third kappa shape index (κ3) is 3.13. The van der Waals surface area contributed by atoms with Gasteiger partial charge in [0.1, 0.15) is 5.82 Å². The summed E-state index contributed by atoms with van der Waals surface area (Å²) in [5.41, 5.74) is 1.20. The maximum absolute atomic E-state index is 13.4. The number of Topliss-reactive ketones (excluding diaryl/α,β-unsaturated/α-hetero) is 2. The topological polar surface area (TPSA) is 34.1 Å². The van der Waals surface area contributed by atoms with Gasteiger partial charge in [-0.1, -0.05) is 42.5 Å². The largest absolute Gasteiger partial charge is 0.294 e. The minimum Gasteiger partial charge on any atom is -0.294 e. The fraction of sp³-hybridized carbons (Fsp3) is 0.125. The highest BCUT2D eigenvalue weighted by molar-refractivity contribution is 6.13. The van der Waals surface area contributed by atoms with E-state index in [4.69, 9.17) is 0 Å². The van der Waals surface area contributed by atoms with Crippen molar-refractivity contribution in [2.75, 3.05) is 0 Å². The Bertz CT molecular complexity index is 618. The highest BCUT2D eigenvalue weighted by Crippen LogP contribution is 2.13. The van der Waals surface area contributed by atoms with E-state index >= 15 is 0 Å². The van der Waals surface area contributed by atoms with Crippen LogP contribution in [0.15, 0.2) is 48.5 Å². The van der Waals surface area contributed by atoms with Crippen molar-refractivity contribution in [1.29, 1.82) is 0 Å². The van der Waals surface area contributed by atoms with Crippen molar-refractivity contribution in [3.8, 4) is 0 Å². The fourth-order valence-electron chi connectivity index (χ4n) is 1.74. The monoisotopic (exact) mass is 256 g/mol. The molecule has 0 amide bonds. The average molecular weight is 256 g/mol. The van der Waals surface area contributed by atoms with Crippen LogP contribution in [0.5, 0.6) is 0 Å². The van der Waals surface area contributed by atoms with E-state index in [1.165, 1.54) is 12.1 Å². The number of carbonyl (C=O) groups is 2. The van der Waals surface area contributed by atoms with Crippen molar-refractivity contribution < 1.29 is 14.0 Å². The molecule has 0 aromatic heterocycles. The molecule has 0 aliphatic heterocycles. The number of benzene rings is 2. The summed E-state index contributed by atoms with van der Waals surface area (Å²) in [6.45, 7) is 1.62. The molecule has 0 saturated heterocycles. The summed E-state index contributed by atoms with van der Waals surface area (Å²) in [6.07, 6.45) is -0.244. The average Bonchev–Trinajstić information content (AvgIpc) is 2.42. The molecule has 0 fully saturated rings. The van der Waals surface area contributed by atoms with E-state index in [9.17, 15) is 14.0 Å². The molecule has 0 bridgehead atoms. The lowest BCUT2D eigenvalue weighted by Gasteiger charge is -2.03.